The molecular weight excluding hydrogens is 298 g/mol. The first-order valence-electron chi connectivity index (χ1n) is 6.87. The van der Waals surface area contributed by atoms with Crippen LogP contribution in [-0.4, -0.2) is 27.6 Å². The summed E-state index contributed by atoms with van der Waals surface area (Å²) in [4.78, 5) is 36.8. The van der Waals surface area contributed by atoms with Gasteiger partial charge in [0.05, 0.1) is 0 Å². The molecule has 0 spiro atoms. The highest BCUT2D eigenvalue weighted by atomic mass is 16.5. The Hall–Kier alpha value is -3.02. The molecule has 0 aliphatic carbocycles. The molecule has 0 radical (unpaired) electrons. The highest BCUT2D eigenvalue weighted by molar-refractivity contribution is 6.21. The fraction of sp³-hybridized carbons (Fsp3) is 0.176. The Bertz CT molecular complexity index is 804. The van der Waals surface area contributed by atoms with Gasteiger partial charge in [-0.05, 0) is 26.0 Å². The number of carbonyl (C=O) groups is 3. The van der Waals surface area contributed by atoms with Crippen molar-refractivity contribution in [3.05, 3.63) is 48.4 Å². The lowest BCUT2D eigenvalue weighted by molar-refractivity contribution is -0.152. The van der Waals surface area contributed by atoms with Gasteiger partial charge in [-0.3, -0.25) is 19.4 Å². The number of pyridine rings is 1. The molecule has 6 nitrogen and oxygen atoms in total. The highest BCUT2D eigenvalue weighted by Crippen LogP contribution is 2.20. The minimum atomic E-state index is -1.24. The molecule has 6 heteroatoms. The van der Waals surface area contributed by atoms with Crippen LogP contribution in [0, 0.1) is 5.92 Å². The van der Waals surface area contributed by atoms with Crippen LogP contribution in [-0.2, 0) is 19.1 Å². The zero-order valence-corrected chi connectivity index (χ0v) is 12.6. The largest absolute Gasteiger partial charge is 0.506 e. The van der Waals surface area contributed by atoms with E-state index in [2.05, 4.69) is 9.72 Å². The van der Waals surface area contributed by atoms with Crippen molar-refractivity contribution < 1.29 is 24.2 Å². The number of ketones is 2. The van der Waals surface area contributed by atoms with Crippen molar-refractivity contribution in [2.45, 2.75) is 13.8 Å². The number of benzene rings is 1. The van der Waals surface area contributed by atoms with Gasteiger partial charge in [0.2, 0.25) is 0 Å². The molecule has 0 saturated carbocycles. The van der Waals surface area contributed by atoms with Gasteiger partial charge in [-0.25, -0.2) is 0 Å². The molecule has 3 rings (SSSR count). The summed E-state index contributed by atoms with van der Waals surface area (Å²) in [5.41, 5.74) is 0.662. The quantitative estimate of drug-likeness (QED) is 0.640. The lowest BCUT2D eigenvalue weighted by Gasteiger charge is -2.15. The third kappa shape index (κ3) is 3.79. The molecule has 1 aliphatic heterocycles. The number of phenols is 1. The van der Waals surface area contributed by atoms with Gasteiger partial charge in [0.15, 0.2) is 17.5 Å². The second-order valence-electron chi connectivity index (χ2n) is 4.97. The number of para-hydroxylation sites is 1. The zero-order valence-electron chi connectivity index (χ0n) is 12.6. The summed E-state index contributed by atoms with van der Waals surface area (Å²) in [5.74, 6) is -2.50. The van der Waals surface area contributed by atoms with Gasteiger partial charge in [-0.15, -0.1) is 0 Å². The molecule has 2 aromatic rings. The number of fused-ring (bicyclic) bond motifs is 1. The topological polar surface area (TPSA) is 93.6 Å². The van der Waals surface area contributed by atoms with Crippen molar-refractivity contribution in [3.8, 4) is 5.75 Å². The first-order chi connectivity index (χ1) is 10.9. The SMILES string of the molecule is CC(=O)C1C(=O)C=C(C)OC1=O.Oc1cccc2cccnc12. The monoisotopic (exact) mass is 313 g/mol. The van der Waals surface area contributed by atoms with E-state index in [1.54, 1.807) is 18.3 Å². The third-order valence-corrected chi connectivity index (χ3v) is 3.15. The standard InChI is InChI=1S/C9H7NO.C8H8O4/c11-8-5-1-3-7-4-2-6-10-9(7)8;1-4-3-6(10)7(5(2)9)8(11)12-4/h1-6,11H;3,7H,1-2H3. The van der Waals surface area contributed by atoms with Crippen LogP contribution in [0.5, 0.6) is 5.75 Å². The number of hydrogen-bond acceptors (Lipinski definition) is 6. The Morgan fingerprint density at radius 1 is 1.22 bits per heavy atom. The van der Waals surface area contributed by atoms with Crippen LogP contribution in [0.2, 0.25) is 0 Å². The maximum atomic E-state index is 11.1. The number of ether oxygens (including phenoxy) is 1. The van der Waals surface area contributed by atoms with Crippen LogP contribution in [0.15, 0.2) is 48.4 Å². The van der Waals surface area contributed by atoms with Crippen LogP contribution in [0.25, 0.3) is 10.9 Å². The highest BCUT2D eigenvalue weighted by Gasteiger charge is 2.34. The van der Waals surface area contributed by atoms with Crippen LogP contribution < -0.4 is 0 Å². The first-order valence-corrected chi connectivity index (χ1v) is 6.87. The average Bonchev–Trinajstić information content (AvgIpc) is 2.47. The molecule has 0 fully saturated rings. The summed E-state index contributed by atoms with van der Waals surface area (Å²) < 4.78 is 4.61. The molecular formula is C17H15NO5. The Morgan fingerprint density at radius 3 is 2.52 bits per heavy atom. The van der Waals surface area contributed by atoms with Crippen molar-refractivity contribution in [1.29, 1.82) is 0 Å². The summed E-state index contributed by atoms with van der Waals surface area (Å²) >= 11 is 0. The molecule has 1 atom stereocenters. The first kappa shape index (κ1) is 16.4. The number of aromatic nitrogens is 1. The van der Waals surface area contributed by atoms with E-state index in [-0.39, 0.29) is 11.5 Å². The van der Waals surface area contributed by atoms with Gasteiger partial charge >= 0.3 is 5.97 Å². The summed E-state index contributed by atoms with van der Waals surface area (Å²) in [6, 6.07) is 9.13. The number of hydrogen-bond donors (Lipinski definition) is 1. The number of Topliss-reactive ketones (excluding diaryl/α,β-unsaturated/α-hetero) is 1. The van der Waals surface area contributed by atoms with Crippen molar-refractivity contribution >= 4 is 28.4 Å². The molecule has 1 N–H and O–H groups in total. The number of esters is 1. The maximum absolute atomic E-state index is 11.1. The number of carbonyl (C=O) groups excluding carboxylic acids is 3. The third-order valence-electron chi connectivity index (χ3n) is 3.15. The predicted molar refractivity (Wildman–Crippen MR) is 82.4 cm³/mol. The van der Waals surface area contributed by atoms with Crippen molar-refractivity contribution in [2.24, 2.45) is 5.92 Å². The number of rotatable bonds is 1. The molecule has 0 bridgehead atoms. The molecule has 1 aromatic carbocycles. The average molecular weight is 313 g/mol. The number of aromatic hydroxyl groups is 1. The summed E-state index contributed by atoms with van der Waals surface area (Å²) in [6.07, 6.45) is 2.83. The van der Waals surface area contributed by atoms with Crippen LogP contribution in [0.4, 0.5) is 0 Å². The lowest BCUT2D eigenvalue weighted by Crippen LogP contribution is -2.33. The van der Waals surface area contributed by atoms with E-state index in [0.717, 1.165) is 11.5 Å². The molecule has 118 valence electrons. The van der Waals surface area contributed by atoms with E-state index >= 15 is 0 Å². The molecule has 1 unspecified atom stereocenters. The fourth-order valence-electron chi connectivity index (χ4n) is 2.10. The summed E-state index contributed by atoms with van der Waals surface area (Å²) in [6.45, 7) is 2.68. The van der Waals surface area contributed by atoms with Crippen molar-refractivity contribution in [2.75, 3.05) is 0 Å². The molecule has 2 heterocycles. The van der Waals surface area contributed by atoms with Gasteiger partial charge in [0.25, 0.3) is 0 Å². The zero-order chi connectivity index (χ0) is 17.0. The summed E-state index contributed by atoms with van der Waals surface area (Å²) in [5, 5.41) is 10.3. The summed E-state index contributed by atoms with van der Waals surface area (Å²) in [7, 11) is 0. The van der Waals surface area contributed by atoms with E-state index < -0.39 is 23.5 Å². The van der Waals surface area contributed by atoms with E-state index in [4.69, 9.17) is 0 Å². The van der Waals surface area contributed by atoms with Gasteiger partial charge in [-0.2, -0.15) is 0 Å². The normalized spacial score (nSPS) is 17.0. The number of phenolic OH excluding ortho intramolecular Hbond substituents is 1. The fourth-order valence-corrected chi connectivity index (χ4v) is 2.10. The number of allylic oxidation sites excluding steroid dienone is 2. The minimum absolute atomic E-state index is 0.238. The van der Waals surface area contributed by atoms with E-state index in [9.17, 15) is 19.5 Å². The predicted octanol–water partition coefficient (Wildman–Crippen LogP) is 2.16. The Morgan fingerprint density at radius 2 is 1.91 bits per heavy atom. The second kappa shape index (κ2) is 6.83. The van der Waals surface area contributed by atoms with Crippen LogP contribution in [0.3, 0.4) is 0 Å². The lowest BCUT2D eigenvalue weighted by atomic mass is 9.98. The molecule has 23 heavy (non-hydrogen) atoms. The van der Waals surface area contributed by atoms with Crippen molar-refractivity contribution in [3.63, 3.8) is 0 Å². The maximum Gasteiger partial charge on any atom is 0.329 e. The molecule has 1 aromatic heterocycles. The number of nitrogens with zero attached hydrogens (tertiary/aromatic N) is 1. The number of cyclic esters (lactones) is 1. The second-order valence-corrected chi connectivity index (χ2v) is 4.97. The van der Waals surface area contributed by atoms with Gasteiger partial charge in [-0.1, -0.05) is 18.2 Å². The van der Waals surface area contributed by atoms with E-state index in [0.29, 0.717) is 5.52 Å². The van der Waals surface area contributed by atoms with Crippen molar-refractivity contribution in [1.82, 2.24) is 4.98 Å². The molecule has 1 aliphatic rings. The molecule has 0 amide bonds. The van der Waals surface area contributed by atoms with E-state index in [1.165, 1.54) is 13.8 Å². The Kier molecular flexibility index (Phi) is 4.85. The smallest absolute Gasteiger partial charge is 0.329 e. The van der Waals surface area contributed by atoms with E-state index in [1.807, 2.05) is 18.2 Å². The van der Waals surface area contributed by atoms with Gasteiger partial charge < -0.3 is 9.84 Å². The Balaban J connectivity index is 0.000000167. The minimum Gasteiger partial charge on any atom is -0.506 e. The van der Waals surface area contributed by atoms with Crippen LogP contribution in [0.1, 0.15) is 13.8 Å². The van der Waals surface area contributed by atoms with Gasteiger partial charge in [0, 0.05) is 17.7 Å². The Labute approximate surface area is 132 Å². The van der Waals surface area contributed by atoms with Gasteiger partial charge in [0.1, 0.15) is 17.0 Å². The van der Waals surface area contributed by atoms with Crippen LogP contribution >= 0.6 is 0 Å². The molecule has 0 saturated heterocycles.